The quantitative estimate of drug-likeness (QED) is 0.784. The van der Waals surface area contributed by atoms with Crippen LogP contribution in [-0.2, 0) is 0 Å². The van der Waals surface area contributed by atoms with Gasteiger partial charge in [0.15, 0.2) is 0 Å². The smallest absolute Gasteiger partial charge is 0.0399 e. The van der Waals surface area contributed by atoms with E-state index in [1.165, 1.54) is 16.8 Å². The Labute approximate surface area is 82.3 Å². The average molecular weight is 228 g/mol. The van der Waals surface area contributed by atoms with Gasteiger partial charge in [0.05, 0.1) is 0 Å². The van der Waals surface area contributed by atoms with Crippen LogP contribution >= 0.6 is 15.9 Å². The predicted molar refractivity (Wildman–Crippen MR) is 58.2 cm³/mol. The number of aryl methyl sites for hydroxylation is 2. The Morgan fingerprint density at radius 2 is 1.83 bits per heavy atom. The molecule has 0 radical (unpaired) electrons. The van der Waals surface area contributed by atoms with Crippen LogP contribution in [0, 0.1) is 13.8 Å². The molecule has 0 unspecified atom stereocenters. The maximum Gasteiger partial charge on any atom is 0.0399 e. The van der Waals surface area contributed by atoms with E-state index in [4.69, 9.17) is 0 Å². The summed E-state index contributed by atoms with van der Waals surface area (Å²) in [6.45, 7) is 5.23. The molecule has 12 heavy (non-hydrogen) atoms. The van der Waals surface area contributed by atoms with Crippen LogP contribution in [-0.4, -0.2) is 11.9 Å². The maximum absolute atomic E-state index is 3.39. The van der Waals surface area contributed by atoms with E-state index in [2.05, 4.69) is 53.3 Å². The van der Waals surface area contributed by atoms with Gasteiger partial charge in [0.1, 0.15) is 0 Å². The van der Waals surface area contributed by atoms with Gasteiger partial charge in [0, 0.05) is 17.6 Å². The van der Waals surface area contributed by atoms with Gasteiger partial charge in [-0.25, -0.2) is 0 Å². The molecule has 0 aliphatic heterocycles. The van der Waals surface area contributed by atoms with Crippen LogP contribution in [0.15, 0.2) is 18.2 Å². The van der Waals surface area contributed by atoms with Crippen LogP contribution in [0.2, 0.25) is 0 Å². The van der Waals surface area contributed by atoms with Crippen molar-refractivity contribution in [1.29, 1.82) is 0 Å². The first-order chi connectivity index (χ1) is 5.75. The van der Waals surface area contributed by atoms with Crippen LogP contribution in [0.1, 0.15) is 11.1 Å². The lowest BCUT2D eigenvalue weighted by molar-refractivity contribution is 1.20. The SMILES string of the molecule is Cc1cccc(C)c1NCCBr. The molecular weight excluding hydrogens is 214 g/mol. The van der Waals surface area contributed by atoms with E-state index in [9.17, 15) is 0 Å². The molecule has 1 aromatic carbocycles. The van der Waals surface area contributed by atoms with Gasteiger partial charge in [-0.1, -0.05) is 34.1 Å². The zero-order chi connectivity index (χ0) is 8.97. The molecule has 0 aromatic heterocycles. The first-order valence-electron chi connectivity index (χ1n) is 4.11. The second-order valence-corrected chi connectivity index (χ2v) is 3.68. The van der Waals surface area contributed by atoms with Gasteiger partial charge >= 0.3 is 0 Å². The van der Waals surface area contributed by atoms with Gasteiger partial charge in [-0.05, 0) is 25.0 Å². The molecule has 1 aromatic rings. The van der Waals surface area contributed by atoms with E-state index in [1.54, 1.807) is 0 Å². The molecule has 0 aliphatic rings. The predicted octanol–water partition coefficient (Wildman–Crippen LogP) is 3.11. The van der Waals surface area contributed by atoms with Crippen LogP contribution in [0.3, 0.4) is 0 Å². The highest BCUT2D eigenvalue weighted by atomic mass is 79.9. The third-order valence-electron chi connectivity index (χ3n) is 1.88. The fourth-order valence-corrected chi connectivity index (χ4v) is 1.46. The molecule has 1 N–H and O–H groups in total. The summed E-state index contributed by atoms with van der Waals surface area (Å²) in [7, 11) is 0. The largest absolute Gasteiger partial charge is 0.384 e. The van der Waals surface area contributed by atoms with Gasteiger partial charge in [-0.15, -0.1) is 0 Å². The summed E-state index contributed by atoms with van der Waals surface area (Å²) >= 11 is 3.39. The van der Waals surface area contributed by atoms with Crippen molar-refractivity contribution in [2.75, 3.05) is 17.2 Å². The highest BCUT2D eigenvalue weighted by molar-refractivity contribution is 9.09. The summed E-state index contributed by atoms with van der Waals surface area (Å²) < 4.78 is 0. The molecule has 1 rings (SSSR count). The molecule has 0 aliphatic carbocycles. The number of halogens is 1. The molecule has 0 bridgehead atoms. The van der Waals surface area contributed by atoms with Crippen molar-refractivity contribution >= 4 is 21.6 Å². The fourth-order valence-electron chi connectivity index (χ4n) is 1.27. The summed E-state index contributed by atoms with van der Waals surface area (Å²) in [6.07, 6.45) is 0. The number of rotatable bonds is 3. The lowest BCUT2D eigenvalue weighted by Crippen LogP contribution is -2.05. The molecule has 0 saturated carbocycles. The molecule has 2 heteroatoms. The third kappa shape index (κ3) is 2.24. The Hall–Kier alpha value is -0.500. The lowest BCUT2D eigenvalue weighted by atomic mass is 10.1. The fraction of sp³-hybridized carbons (Fsp3) is 0.400. The molecule has 0 saturated heterocycles. The molecular formula is C10H14BrN. The summed E-state index contributed by atoms with van der Waals surface area (Å²) in [6, 6.07) is 6.34. The third-order valence-corrected chi connectivity index (χ3v) is 2.27. The molecule has 0 amide bonds. The minimum atomic E-state index is 0.978. The van der Waals surface area contributed by atoms with E-state index in [1.807, 2.05) is 0 Å². The molecule has 0 heterocycles. The van der Waals surface area contributed by atoms with E-state index in [0.717, 1.165) is 11.9 Å². The Kier molecular flexibility index (Phi) is 3.60. The first-order valence-corrected chi connectivity index (χ1v) is 5.24. The van der Waals surface area contributed by atoms with Crippen LogP contribution in [0.5, 0.6) is 0 Å². The summed E-state index contributed by atoms with van der Waals surface area (Å²) in [4.78, 5) is 0. The Morgan fingerprint density at radius 1 is 1.25 bits per heavy atom. The van der Waals surface area contributed by atoms with Crippen molar-refractivity contribution in [2.45, 2.75) is 13.8 Å². The van der Waals surface area contributed by atoms with Gasteiger partial charge < -0.3 is 5.32 Å². The van der Waals surface area contributed by atoms with Gasteiger partial charge in [0.25, 0.3) is 0 Å². The topological polar surface area (TPSA) is 12.0 Å². The Morgan fingerprint density at radius 3 is 2.33 bits per heavy atom. The number of para-hydroxylation sites is 1. The highest BCUT2D eigenvalue weighted by Gasteiger charge is 1.98. The van der Waals surface area contributed by atoms with Crippen molar-refractivity contribution in [1.82, 2.24) is 0 Å². The lowest BCUT2D eigenvalue weighted by Gasteiger charge is -2.10. The van der Waals surface area contributed by atoms with E-state index < -0.39 is 0 Å². The van der Waals surface area contributed by atoms with Crippen LogP contribution < -0.4 is 5.32 Å². The molecule has 0 fully saturated rings. The van der Waals surface area contributed by atoms with E-state index in [-0.39, 0.29) is 0 Å². The number of hydrogen-bond acceptors (Lipinski definition) is 1. The normalized spacial score (nSPS) is 9.92. The minimum Gasteiger partial charge on any atom is -0.384 e. The van der Waals surface area contributed by atoms with Crippen molar-refractivity contribution < 1.29 is 0 Å². The van der Waals surface area contributed by atoms with Crippen molar-refractivity contribution in [3.8, 4) is 0 Å². The summed E-state index contributed by atoms with van der Waals surface area (Å²) in [5, 5.41) is 4.37. The highest BCUT2D eigenvalue weighted by Crippen LogP contribution is 2.18. The zero-order valence-corrected chi connectivity index (χ0v) is 9.11. The number of benzene rings is 1. The second kappa shape index (κ2) is 4.51. The Bertz CT molecular complexity index is 238. The Balaban J connectivity index is 2.81. The van der Waals surface area contributed by atoms with Crippen LogP contribution in [0.25, 0.3) is 0 Å². The average Bonchev–Trinajstić information content (AvgIpc) is 2.04. The number of nitrogens with one attached hydrogen (secondary N) is 1. The van der Waals surface area contributed by atoms with Crippen molar-refractivity contribution in [3.05, 3.63) is 29.3 Å². The van der Waals surface area contributed by atoms with E-state index in [0.29, 0.717) is 0 Å². The second-order valence-electron chi connectivity index (χ2n) is 2.88. The molecule has 1 nitrogen and oxygen atoms in total. The molecule has 0 spiro atoms. The van der Waals surface area contributed by atoms with Gasteiger partial charge in [0.2, 0.25) is 0 Å². The zero-order valence-electron chi connectivity index (χ0n) is 7.52. The number of hydrogen-bond donors (Lipinski definition) is 1. The monoisotopic (exact) mass is 227 g/mol. The molecule has 66 valence electrons. The van der Waals surface area contributed by atoms with E-state index >= 15 is 0 Å². The van der Waals surface area contributed by atoms with Gasteiger partial charge in [-0.3, -0.25) is 0 Å². The van der Waals surface area contributed by atoms with Crippen LogP contribution in [0.4, 0.5) is 5.69 Å². The number of anilines is 1. The standard InChI is InChI=1S/C10H14BrN/c1-8-4-3-5-9(2)10(8)12-7-6-11/h3-5,12H,6-7H2,1-2H3. The first kappa shape index (κ1) is 9.59. The van der Waals surface area contributed by atoms with Crippen molar-refractivity contribution in [3.63, 3.8) is 0 Å². The molecule has 0 atom stereocenters. The summed E-state index contributed by atoms with van der Waals surface area (Å²) in [5.74, 6) is 0. The van der Waals surface area contributed by atoms with Crippen molar-refractivity contribution in [2.24, 2.45) is 0 Å². The summed E-state index contributed by atoms with van der Waals surface area (Å²) in [5.41, 5.74) is 3.91. The van der Waals surface area contributed by atoms with Gasteiger partial charge in [-0.2, -0.15) is 0 Å². The minimum absolute atomic E-state index is 0.978. The maximum atomic E-state index is 3.39. The number of alkyl halides is 1.